The fraction of sp³-hybridized carbons (Fsp3) is 1.00. The Morgan fingerprint density at radius 2 is 1.67 bits per heavy atom. The van der Waals surface area contributed by atoms with Gasteiger partial charge in [0.25, 0.3) is 0 Å². The predicted octanol–water partition coefficient (Wildman–Crippen LogP) is 1.21. The smallest absolute Gasteiger partial charge is 0.212 e. The van der Waals surface area contributed by atoms with Crippen LogP contribution in [-0.2, 0) is 10.0 Å². The molecule has 1 rings (SSSR count). The van der Waals surface area contributed by atoms with Crippen molar-refractivity contribution >= 4 is 10.0 Å². The van der Waals surface area contributed by atoms with E-state index in [1.807, 2.05) is 0 Å². The zero-order valence-electron chi connectivity index (χ0n) is 8.16. The molecule has 0 amide bonds. The van der Waals surface area contributed by atoms with Crippen LogP contribution in [0.4, 0.5) is 0 Å². The summed E-state index contributed by atoms with van der Waals surface area (Å²) in [6.07, 6.45) is 2.04. The summed E-state index contributed by atoms with van der Waals surface area (Å²) < 4.78 is 24.4. The van der Waals surface area contributed by atoms with Gasteiger partial charge in [-0.2, -0.15) is 0 Å². The van der Waals surface area contributed by atoms with Crippen LogP contribution < -0.4 is 0 Å². The Kier molecular flexibility index (Phi) is 2.25. The molecule has 1 fully saturated rings. The summed E-state index contributed by atoms with van der Waals surface area (Å²) in [7, 11) is -1.40. The topological polar surface area (TPSA) is 37.4 Å². The van der Waals surface area contributed by atoms with E-state index < -0.39 is 14.8 Å². The normalized spacial score (nSPS) is 20.1. The first-order valence-electron chi connectivity index (χ1n) is 4.24. The number of hydrogen-bond donors (Lipinski definition) is 0. The Balaban J connectivity index is 2.84. The van der Waals surface area contributed by atoms with Crippen molar-refractivity contribution in [2.75, 3.05) is 7.05 Å². The third kappa shape index (κ3) is 1.64. The van der Waals surface area contributed by atoms with E-state index in [-0.39, 0.29) is 6.04 Å². The minimum Gasteiger partial charge on any atom is -0.212 e. The number of rotatable bonds is 2. The zero-order valence-corrected chi connectivity index (χ0v) is 8.98. The molecule has 1 saturated carbocycles. The second kappa shape index (κ2) is 2.70. The molecule has 1 aliphatic rings. The average Bonchev–Trinajstić information content (AvgIpc) is 2.64. The SMILES string of the molecule is CN(C1CC1)S(=O)(=O)C(C)(C)C. The van der Waals surface area contributed by atoms with Gasteiger partial charge in [-0.25, -0.2) is 12.7 Å². The van der Waals surface area contributed by atoms with Crippen LogP contribution in [0.25, 0.3) is 0 Å². The van der Waals surface area contributed by atoms with Crippen molar-refractivity contribution < 1.29 is 8.42 Å². The van der Waals surface area contributed by atoms with Crippen molar-refractivity contribution in [3.8, 4) is 0 Å². The number of nitrogens with zero attached hydrogens (tertiary/aromatic N) is 1. The fourth-order valence-corrected chi connectivity index (χ4v) is 2.53. The molecule has 12 heavy (non-hydrogen) atoms. The van der Waals surface area contributed by atoms with E-state index in [9.17, 15) is 8.42 Å². The Morgan fingerprint density at radius 1 is 1.25 bits per heavy atom. The van der Waals surface area contributed by atoms with Crippen LogP contribution in [0.1, 0.15) is 33.6 Å². The van der Waals surface area contributed by atoms with Gasteiger partial charge < -0.3 is 0 Å². The molecule has 1 aliphatic carbocycles. The van der Waals surface area contributed by atoms with Gasteiger partial charge in [-0.05, 0) is 33.6 Å². The molecule has 0 aromatic rings. The molecule has 4 heteroatoms. The Bertz CT molecular complexity index is 259. The van der Waals surface area contributed by atoms with Gasteiger partial charge in [-0.1, -0.05) is 0 Å². The molecule has 72 valence electrons. The average molecular weight is 191 g/mol. The summed E-state index contributed by atoms with van der Waals surface area (Å²) in [4.78, 5) is 0. The molecule has 0 bridgehead atoms. The van der Waals surface area contributed by atoms with Gasteiger partial charge in [-0.15, -0.1) is 0 Å². The van der Waals surface area contributed by atoms with Gasteiger partial charge in [0, 0.05) is 13.1 Å². The maximum atomic E-state index is 11.8. The van der Waals surface area contributed by atoms with E-state index in [2.05, 4.69) is 0 Å². The van der Waals surface area contributed by atoms with Crippen molar-refractivity contribution in [3.63, 3.8) is 0 Å². The number of sulfonamides is 1. The van der Waals surface area contributed by atoms with Crippen LogP contribution in [0, 0.1) is 0 Å². The highest BCUT2D eigenvalue weighted by molar-refractivity contribution is 7.90. The third-order valence-corrected chi connectivity index (χ3v) is 4.82. The van der Waals surface area contributed by atoms with E-state index in [0.29, 0.717) is 0 Å². The van der Waals surface area contributed by atoms with Crippen LogP contribution in [-0.4, -0.2) is 30.6 Å². The van der Waals surface area contributed by atoms with Gasteiger partial charge in [0.05, 0.1) is 4.75 Å². The van der Waals surface area contributed by atoms with E-state index in [4.69, 9.17) is 0 Å². The van der Waals surface area contributed by atoms with E-state index in [1.165, 1.54) is 4.31 Å². The second-order valence-electron chi connectivity index (χ2n) is 4.36. The fourth-order valence-electron chi connectivity index (χ4n) is 1.07. The molecule has 0 spiro atoms. The van der Waals surface area contributed by atoms with Crippen LogP contribution in [0.3, 0.4) is 0 Å². The molecular weight excluding hydrogens is 174 g/mol. The molecular formula is C8H17NO2S. The van der Waals surface area contributed by atoms with Crippen molar-refractivity contribution in [1.82, 2.24) is 4.31 Å². The summed E-state index contributed by atoms with van der Waals surface area (Å²) in [5.74, 6) is 0. The highest BCUT2D eigenvalue weighted by Gasteiger charge is 2.40. The van der Waals surface area contributed by atoms with Gasteiger partial charge in [0.15, 0.2) is 0 Å². The van der Waals surface area contributed by atoms with E-state index >= 15 is 0 Å². The summed E-state index contributed by atoms with van der Waals surface area (Å²) in [6.45, 7) is 5.21. The van der Waals surface area contributed by atoms with Crippen LogP contribution >= 0.6 is 0 Å². The lowest BCUT2D eigenvalue weighted by Gasteiger charge is -2.26. The lowest BCUT2D eigenvalue weighted by molar-refractivity contribution is 0.439. The molecule has 0 unspecified atom stereocenters. The highest BCUT2D eigenvalue weighted by atomic mass is 32.2. The minimum atomic E-state index is -3.08. The van der Waals surface area contributed by atoms with Gasteiger partial charge in [0.2, 0.25) is 10.0 Å². The first kappa shape index (κ1) is 9.99. The lowest BCUT2D eigenvalue weighted by atomic mass is 10.3. The molecule has 0 radical (unpaired) electrons. The maximum absolute atomic E-state index is 11.8. The van der Waals surface area contributed by atoms with Crippen LogP contribution in [0.2, 0.25) is 0 Å². The quantitative estimate of drug-likeness (QED) is 0.658. The Hall–Kier alpha value is -0.0900. The minimum absolute atomic E-state index is 0.272. The van der Waals surface area contributed by atoms with E-state index in [1.54, 1.807) is 27.8 Å². The van der Waals surface area contributed by atoms with Gasteiger partial charge in [0.1, 0.15) is 0 Å². The molecule has 0 aliphatic heterocycles. The zero-order chi connectivity index (χ0) is 9.57. The van der Waals surface area contributed by atoms with E-state index in [0.717, 1.165) is 12.8 Å². The molecule has 0 aromatic carbocycles. The van der Waals surface area contributed by atoms with Crippen LogP contribution in [0.5, 0.6) is 0 Å². The van der Waals surface area contributed by atoms with Crippen LogP contribution in [0.15, 0.2) is 0 Å². The predicted molar refractivity (Wildman–Crippen MR) is 49.5 cm³/mol. The second-order valence-corrected chi connectivity index (χ2v) is 7.12. The van der Waals surface area contributed by atoms with Crippen molar-refractivity contribution in [1.29, 1.82) is 0 Å². The van der Waals surface area contributed by atoms with Gasteiger partial charge in [-0.3, -0.25) is 0 Å². The first-order valence-corrected chi connectivity index (χ1v) is 5.68. The molecule has 0 atom stereocenters. The number of hydrogen-bond acceptors (Lipinski definition) is 2. The summed E-state index contributed by atoms with van der Waals surface area (Å²) >= 11 is 0. The Labute approximate surface area is 74.8 Å². The molecule has 3 nitrogen and oxygen atoms in total. The highest BCUT2D eigenvalue weighted by Crippen LogP contribution is 2.31. The maximum Gasteiger partial charge on any atom is 0.219 e. The molecule has 0 heterocycles. The van der Waals surface area contributed by atoms with Crippen molar-refractivity contribution in [2.24, 2.45) is 0 Å². The molecule has 0 saturated heterocycles. The van der Waals surface area contributed by atoms with Crippen molar-refractivity contribution in [3.05, 3.63) is 0 Å². The largest absolute Gasteiger partial charge is 0.219 e. The lowest BCUT2D eigenvalue weighted by Crippen LogP contribution is -2.41. The molecule has 0 aromatic heterocycles. The van der Waals surface area contributed by atoms with Crippen molar-refractivity contribution in [2.45, 2.75) is 44.4 Å². The summed E-state index contributed by atoms with van der Waals surface area (Å²) in [6, 6.07) is 0.272. The standard InChI is InChI=1S/C8H17NO2S/c1-8(2,3)12(10,11)9(4)7-5-6-7/h7H,5-6H2,1-4H3. The first-order chi connectivity index (χ1) is 5.27. The Morgan fingerprint density at radius 3 is 1.92 bits per heavy atom. The summed E-state index contributed by atoms with van der Waals surface area (Å²) in [5, 5.41) is 0. The van der Waals surface area contributed by atoms with Gasteiger partial charge >= 0.3 is 0 Å². The molecule has 0 N–H and O–H groups in total. The monoisotopic (exact) mass is 191 g/mol. The third-order valence-electron chi connectivity index (χ3n) is 2.21. The summed E-state index contributed by atoms with van der Waals surface area (Å²) in [5.41, 5.74) is 0.